The fourth-order valence-electron chi connectivity index (χ4n) is 1.67. The summed E-state index contributed by atoms with van der Waals surface area (Å²) in [5.74, 6) is 4.64. The second kappa shape index (κ2) is 7.22. The molecule has 1 amide bonds. The molecule has 1 aromatic rings. The van der Waals surface area contributed by atoms with E-state index in [1.165, 1.54) is 24.0 Å². The summed E-state index contributed by atoms with van der Waals surface area (Å²) in [7, 11) is -0.782. The molecule has 0 radical (unpaired) electrons. The molecule has 0 saturated carbocycles. The summed E-state index contributed by atoms with van der Waals surface area (Å²) < 4.78 is 27.0. The van der Waals surface area contributed by atoms with Gasteiger partial charge in [0.25, 0.3) is 0 Å². The number of nitrogens with zero attached hydrogens (tertiary/aromatic N) is 1. The number of carbonyl (C=O) groups is 1. The maximum absolute atomic E-state index is 12.3. The number of carbonyl (C=O) groups excluding carboxylic acids is 1. The Balaban J connectivity index is 3.12. The largest absolute Gasteiger partial charge is 0.384 e. The van der Waals surface area contributed by atoms with Crippen molar-refractivity contribution in [3.05, 3.63) is 29.8 Å². The van der Waals surface area contributed by atoms with Crippen LogP contribution in [0.25, 0.3) is 0 Å². The number of hydrogen-bond donors (Lipinski definition) is 2. The average Bonchev–Trinajstić information content (AvgIpc) is 2.43. The van der Waals surface area contributed by atoms with Crippen LogP contribution < -0.4 is 4.72 Å². The lowest BCUT2D eigenvalue weighted by Gasteiger charge is -2.18. The van der Waals surface area contributed by atoms with Gasteiger partial charge in [-0.05, 0) is 19.1 Å². The highest BCUT2D eigenvalue weighted by molar-refractivity contribution is 7.89. The molecule has 0 aromatic heterocycles. The van der Waals surface area contributed by atoms with E-state index in [1.54, 1.807) is 26.2 Å². The molecule has 6 nitrogen and oxygen atoms in total. The molecule has 1 unspecified atom stereocenters. The topological polar surface area (TPSA) is 86.7 Å². The zero-order chi connectivity index (χ0) is 16.0. The van der Waals surface area contributed by atoms with E-state index in [0.717, 1.165) is 0 Å². The van der Waals surface area contributed by atoms with Gasteiger partial charge in [-0.2, -0.15) is 4.72 Å². The minimum absolute atomic E-state index is 0.0237. The number of likely N-dealkylation sites (N-methyl/N-ethyl adjacent to an activating group) is 1. The quantitative estimate of drug-likeness (QED) is 0.753. The van der Waals surface area contributed by atoms with Crippen LogP contribution in [0.3, 0.4) is 0 Å². The zero-order valence-corrected chi connectivity index (χ0v) is 12.9. The Bertz CT molecular complexity index is 672. The van der Waals surface area contributed by atoms with Crippen molar-refractivity contribution in [1.82, 2.24) is 9.62 Å². The molecule has 0 aliphatic heterocycles. The lowest BCUT2D eigenvalue weighted by molar-refractivity contribution is -0.130. The van der Waals surface area contributed by atoms with Crippen LogP contribution in [0.4, 0.5) is 0 Å². The first-order chi connectivity index (χ1) is 9.79. The van der Waals surface area contributed by atoms with Crippen LogP contribution in [0.2, 0.25) is 0 Å². The van der Waals surface area contributed by atoms with E-state index in [-0.39, 0.29) is 23.0 Å². The van der Waals surface area contributed by atoms with Crippen molar-refractivity contribution in [3.8, 4) is 11.8 Å². The third kappa shape index (κ3) is 4.56. The summed E-state index contributed by atoms with van der Waals surface area (Å²) in [4.78, 5) is 13.0. The molecule has 1 rings (SSSR count). The Morgan fingerprint density at radius 3 is 2.57 bits per heavy atom. The van der Waals surface area contributed by atoms with Crippen LogP contribution in [0.1, 0.15) is 12.5 Å². The monoisotopic (exact) mass is 310 g/mol. The van der Waals surface area contributed by atoms with E-state index in [0.29, 0.717) is 0 Å². The van der Waals surface area contributed by atoms with E-state index >= 15 is 0 Å². The van der Waals surface area contributed by atoms with Crippen LogP contribution in [0.5, 0.6) is 0 Å². The molecule has 21 heavy (non-hydrogen) atoms. The maximum atomic E-state index is 12.3. The van der Waals surface area contributed by atoms with Gasteiger partial charge in [0.15, 0.2) is 0 Å². The predicted octanol–water partition coefficient (Wildman–Crippen LogP) is -0.215. The molecule has 0 spiro atoms. The van der Waals surface area contributed by atoms with Crippen LogP contribution >= 0.6 is 0 Å². The summed E-state index contributed by atoms with van der Waals surface area (Å²) in [6.45, 7) is 1.11. The van der Waals surface area contributed by atoms with Gasteiger partial charge in [0.05, 0.1) is 10.9 Å². The number of nitrogens with one attached hydrogen (secondary N) is 1. The highest BCUT2D eigenvalue weighted by Gasteiger charge is 2.24. The third-order valence-corrected chi connectivity index (χ3v) is 4.22. The van der Waals surface area contributed by atoms with Crippen molar-refractivity contribution in [1.29, 1.82) is 0 Å². The number of amides is 1. The Morgan fingerprint density at radius 2 is 2.00 bits per heavy atom. The van der Waals surface area contributed by atoms with Gasteiger partial charge >= 0.3 is 0 Å². The molecular formula is C14H18N2O4S. The molecule has 114 valence electrons. The molecule has 0 saturated heterocycles. The van der Waals surface area contributed by atoms with Crippen LogP contribution in [0.15, 0.2) is 29.2 Å². The number of sulfonamides is 1. The van der Waals surface area contributed by atoms with Gasteiger partial charge in [0.2, 0.25) is 15.9 Å². The first kappa shape index (κ1) is 17.2. The number of hydrogen-bond acceptors (Lipinski definition) is 4. The van der Waals surface area contributed by atoms with Gasteiger partial charge in [-0.25, -0.2) is 8.42 Å². The minimum atomic E-state index is -3.88. The maximum Gasteiger partial charge on any atom is 0.242 e. The van der Waals surface area contributed by atoms with Gasteiger partial charge in [-0.3, -0.25) is 4.79 Å². The average molecular weight is 310 g/mol. The number of aliphatic hydroxyl groups excluding tert-OH is 1. The Labute approximate surface area is 124 Å². The fourth-order valence-corrected chi connectivity index (χ4v) is 3.03. The molecular weight excluding hydrogens is 292 g/mol. The second-order valence-corrected chi connectivity index (χ2v) is 6.21. The van der Waals surface area contributed by atoms with Crippen molar-refractivity contribution in [2.75, 3.05) is 20.7 Å². The van der Waals surface area contributed by atoms with Gasteiger partial charge in [-0.15, -0.1) is 0 Å². The smallest absolute Gasteiger partial charge is 0.242 e. The summed E-state index contributed by atoms with van der Waals surface area (Å²) in [5.41, 5.74) is 0.267. The molecule has 0 bridgehead atoms. The third-order valence-electron chi connectivity index (χ3n) is 2.62. The Kier molecular flexibility index (Phi) is 5.90. The first-order valence-electron chi connectivity index (χ1n) is 6.22. The number of benzene rings is 1. The molecule has 0 aliphatic rings. The molecule has 2 N–H and O–H groups in total. The van der Waals surface area contributed by atoms with Crippen LogP contribution in [0, 0.1) is 11.8 Å². The molecule has 1 aromatic carbocycles. The van der Waals surface area contributed by atoms with Crippen molar-refractivity contribution in [3.63, 3.8) is 0 Å². The first-order valence-corrected chi connectivity index (χ1v) is 7.70. The van der Waals surface area contributed by atoms with Crippen molar-refractivity contribution in [2.45, 2.75) is 17.9 Å². The van der Waals surface area contributed by atoms with Gasteiger partial charge in [0.1, 0.15) is 6.61 Å². The van der Waals surface area contributed by atoms with Crippen molar-refractivity contribution >= 4 is 15.9 Å². The minimum Gasteiger partial charge on any atom is -0.384 e. The number of rotatable bonds is 4. The van der Waals surface area contributed by atoms with Crippen molar-refractivity contribution in [2.24, 2.45) is 0 Å². The summed E-state index contributed by atoms with van der Waals surface area (Å²) in [6.07, 6.45) is 0. The summed E-state index contributed by atoms with van der Waals surface area (Å²) >= 11 is 0. The van der Waals surface area contributed by atoms with Crippen LogP contribution in [-0.4, -0.2) is 51.1 Å². The molecule has 0 heterocycles. The van der Waals surface area contributed by atoms with E-state index in [4.69, 9.17) is 5.11 Å². The van der Waals surface area contributed by atoms with E-state index in [2.05, 4.69) is 16.6 Å². The van der Waals surface area contributed by atoms with Crippen molar-refractivity contribution < 1.29 is 18.3 Å². The lowest BCUT2D eigenvalue weighted by Crippen LogP contribution is -2.44. The predicted molar refractivity (Wildman–Crippen MR) is 78.9 cm³/mol. The highest BCUT2D eigenvalue weighted by atomic mass is 32.2. The molecule has 7 heteroatoms. The van der Waals surface area contributed by atoms with Gasteiger partial charge in [-0.1, -0.05) is 24.0 Å². The fraction of sp³-hybridized carbons (Fsp3) is 0.357. The Morgan fingerprint density at radius 1 is 1.38 bits per heavy atom. The van der Waals surface area contributed by atoms with Gasteiger partial charge < -0.3 is 10.0 Å². The standard InChI is InChI=1S/C14H18N2O4S/c1-11(14(18)16(2)3)15-21(19,20)13-9-5-4-7-12(13)8-6-10-17/h4-5,7,9,11,15,17H,10H2,1-3H3. The Hall–Kier alpha value is -1.88. The molecule has 1 atom stereocenters. The highest BCUT2D eigenvalue weighted by Crippen LogP contribution is 2.14. The number of aliphatic hydroxyl groups is 1. The summed E-state index contributed by atoms with van der Waals surface area (Å²) in [5, 5.41) is 8.71. The van der Waals surface area contributed by atoms with E-state index < -0.39 is 16.1 Å². The van der Waals surface area contributed by atoms with E-state index in [1.807, 2.05) is 0 Å². The molecule has 0 fully saturated rings. The normalized spacial score (nSPS) is 12.2. The lowest BCUT2D eigenvalue weighted by atomic mass is 10.2. The van der Waals surface area contributed by atoms with Crippen LogP contribution in [-0.2, 0) is 14.8 Å². The SMILES string of the molecule is CC(NS(=O)(=O)c1ccccc1C#CCO)C(=O)N(C)C. The molecule has 0 aliphatic carbocycles. The van der Waals surface area contributed by atoms with E-state index in [9.17, 15) is 13.2 Å². The zero-order valence-electron chi connectivity index (χ0n) is 12.1. The summed E-state index contributed by atoms with van der Waals surface area (Å²) in [6, 6.07) is 5.27. The second-order valence-electron chi connectivity index (χ2n) is 4.53. The van der Waals surface area contributed by atoms with Gasteiger partial charge in [0, 0.05) is 19.7 Å².